The van der Waals surface area contributed by atoms with Crippen LogP contribution in [0.1, 0.15) is 6.42 Å². The van der Waals surface area contributed by atoms with Gasteiger partial charge in [0, 0.05) is 25.5 Å². The molecule has 0 aliphatic heterocycles. The van der Waals surface area contributed by atoms with Gasteiger partial charge in [-0.15, -0.1) is 0 Å². The number of hydrogen-bond acceptors (Lipinski definition) is 6. The molecule has 2 aromatic rings. The summed E-state index contributed by atoms with van der Waals surface area (Å²) in [5.41, 5.74) is -5.82. The van der Waals surface area contributed by atoms with E-state index in [1.807, 2.05) is 0 Å². The zero-order valence-corrected chi connectivity index (χ0v) is 13.5. The summed E-state index contributed by atoms with van der Waals surface area (Å²) in [5.74, 6) is -0.680. The third-order valence-corrected chi connectivity index (χ3v) is 4.58. The van der Waals surface area contributed by atoms with Gasteiger partial charge < -0.3 is 10.6 Å². The summed E-state index contributed by atoms with van der Waals surface area (Å²) in [5, 5.41) is 5.47. The number of rotatable bonds is 7. The zero-order valence-electron chi connectivity index (χ0n) is 12.7. The average molecular weight is 378 g/mol. The summed E-state index contributed by atoms with van der Waals surface area (Å²) in [6, 6.07) is 3.83. The Morgan fingerprint density at radius 3 is 2.32 bits per heavy atom. The minimum absolute atomic E-state index is 0.159. The molecule has 0 saturated carbocycles. The van der Waals surface area contributed by atoms with Crippen molar-refractivity contribution in [1.82, 2.24) is 9.97 Å². The van der Waals surface area contributed by atoms with Crippen LogP contribution < -0.4 is 10.6 Å². The molecule has 136 valence electrons. The molecular formula is C14H14F4N4O2S. The Labute approximate surface area is 141 Å². The quantitative estimate of drug-likeness (QED) is 0.569. The molecule has 0 amide bonds. The minimum atomic E-state index is -5.65. The van der Waals surface area contributed by atoms with Crippen LogP contribution in [0.25, 0.3) is 0 Å². The monoisotopic (exact) mass is 378 g/mol. The van der Waals surface area contributed by atoms with Crippen molar-refractivity contribution in [2.75, 3.05) is 23.7 Å². The predicted molar refractivity (Wildman–Crippen MR) is 83.3 cm³/mol. The van der Waals surface area contributed by atoms with Crippen LogP contribution in [0, 0.1) is 5.82 Å². The lowest BCUT2D eigenvalue weighted by atomic mass is 10.3. The van der Waals surface area contributed by atoms with Crippen molar-refractivity contribution >= 4 is 21.5 Å². The van der Waals surface area contributed by atoms with Crippen molar-refractivity contribution in [3.63, 3.8) is 0 Å². The fraction of sp³-hybridized carbons (Fsp3) is 0.286. The van der Waals surface area contributed by atoms with Gasteiger partial charge in [-0.05, 0) is 30.7 Å². The third-order valence-electron chi connectivity index (χ3n) is 3.06. The highest BCUT2D eigenvalue weighted by atomic mass is 32.2. The van der Waals surface area contributed by atoms with E-state index in [2.05, 4.69) is 20.6 Å². The van der Waals surface area contributed by atoms with E-state index in [9.17, 15) is 26.0 Å². The van der Waals surface area contributed by atoms with Gasteiger partial charge in [0.05, 0.1) is 5.69 Å². The Bertz CT molecular complexity index is 813. The van der Waals surface area contributed by atoms with Gasteiger partial charge in [-0.3, -0.25) is 0 Å². The zero-order chi connectivity index (χ0) is 18.5. The van der Waals surface area contributed by atoms with E-state index >= 15 is 0 Å². The summed E-state index contributed by atoms with van der Waals surface area (Å²) in [6.45, 7) is 0.561. The smallest absolute Gasteiger partial charge is 0.384 e. The molecule has 0 atom stereocenters. The van der Waals surface area contributed by atoms with Gasteiger partial charge in [0.15, 0.2) is 0 Å². The molecule has 0 spiro atoms. The second-order valence-electron chi connectivity index (χ2n) is 4.87. The first-order valence-electron chi connectivity index (χ1n) is 7.07. The van der Waals surface area contributed by atoms with Gasteiger partial charge in [-0.25, -0.2) is 22.8 Å². The number of nitrogens with one attached hydrogen (secondary N) is 2. The van der Waals surface area contributed by atoms with Crippen LogP contribution in [-0.4, -0.2) is 37.0 Å². The van der Waals surface area contributed by atoms with E-state index in [4.69, 9.17) is 0 Å². The summed E-state index contributed by atoms with van der Waals surface area (Å²) in [4.78, 5) is 6.72. The Hall–Kier alpha value is -2.43. The fourth-order valence-electron chi connectivity index (χ4n) is 1.89. The standard InChI is InChI=1S/C14H14F4N4O2S/c15-10-3-4-11(12(9-10)25(23,24)14(16,17)18)19-5-1-6-20-13-21-7-2-8-22-13/h2-4,7-9,19H,1,5-6H2,(H,20,21,22). The maximum atomic E-state index is 13.2. The Balaban J connectivity index is 2.00. The van der Waals surface area contributed by atoms with Crippen LogP contribution in [0.4, 0.5) is 29.2 Å². The number of anilines is 2. The van der Waals surface area contributed by atoms with Crippen molar-refractivity contribution in [2.24, 2.45) is 0 Å². The van der Waals surface area contributed by atoms with Gasteiger partial charge in [0.1, 0.15) is 10.7 Å². The molecule has 0 unspecified atom stereocenters. The molecular weight excluding hydrogens is 364 g/mol. The van der Waals surface area contributed by atoms with Gasteiger partial charge in [0.2, 0.25) is 5.95 Å². The largest absolute Gasteiger partial charge is 0.501 e. The highest BCUT2D eigenvalue weighted by Gasteiger charge is 2.48. The van der Waals surface area contributed by atoms with Crippen LogP contribution in [0.15, 0.2) is 41.6 Å². The molecule has 0 fully saturated rings. The molecule has 1 heterocycles. The molecule has 0 radical (unpaired) electrons. The first-order chi connectivity index (χ1) is 11.7. The highest BCUT2D eigenvalue weighted by Crippen LogP contribution is 2.34. The minimum Gasteiger partial charge on any atom is -0.384 e. The van der Waals surface area contributed by atoms with Crippen molar-refractivity contribution in [2.45, 2.75) is 16.8 Å². The van der Waals surface area contributed by atoms with Crippen LogP contribution >= 0.6 is 0 Å². The lowest BCUT2D eigenvalue weighted by molar-refractivity contribution is -0.0435. The molecule has 0 aliphatic rings. The first-order valence-corrected chi connectivity index (χ1v) is 8.56. The second-order valence-corrected chi connectivity index (χ2v) is 6.78. The number of aromatic nitrogens is 2. The van der Waals surface area contributed by atoms with Crippen LogP contribution in [0.5, 0.6) is 0 Å². The molecule has 1 aromatic heterocycles. The predicted octanol–water partition coefficient (Wildman–Crippen LogP) is 2.82. The molecule has 0 saturated heterocycles. The van der Waals surface area contributed by atoms with Crippen molar-refractivity contribution in [3.8, 4) is 0 Å². The summed E-state index contributed by atoms with van der Waals surface area (Å²) in [6.07, 6.45) is 3.52. The van der Waals surface area contributed by atoms with Crippen LogP contribution in [0.3, 0.4) is 0 Å². The Kier molecular flexibility index (Phi) is 5.77. The number of sulfone groups is 1. The normalized spacial score (nSPS) is 12.0. The Morgan fingerprint density at radius 2 is 1.68 bits per heavy atom. The van der Waals surface area contributed by atoms with Gasteiger partial charge >= 0.3 is 5.51 Å². The van der Waals surface area contributed by atoms with E-state index in [-0.39, 0.29) is 12.2 Å². The molecule has 2 rings (SSSR count). The van der Waals surface area contributed by atoms with E-state index < -0.39 is 26.1 Å². The number of halogens is 4. The number of alkyl halides is 3. The molecule has 25 heavy (non-hydrogen) atoms. The lowest BCUT2D eigenvalue weighted by Gasteiger charge is -2.14. The SMILES string of the molecule is O=S(=O)(c1cc(F)ccc1NCCCNc1ncccn1)C(F)(F)F. The Morgan fingerprint density at radius 1 is 1.04 bits per heavy atom. The van der Waals surface area contributed by atoms with Crippen molar-refractivity contribution in [3.05, 3.63) is 42.5 Å². The van der Waals surface area contributed by atoms with E-state index in [0.717, 1.165) is 12.1 Å². The number of nitrogens with zero attached hydrogens (tertiary/aromatic N) is 2. The van der Waals surface area contributed by atoms with Crippen molar-refractivity contribution in [1.29, 1.82) is 0 Å². The maximum Gasteiger partial charge on any atom is 0.501 e. The second kappa shape index (κ2) is 7.64. The molecule has 2 N–H and O–H groups in total. The van der Waals surface area contributed by atoms with Gasteiger partial charge in [-0.1, -0.05) is 0 Å². The summed E-state index contributed by atoms with van der Waals surface area (Å²) < 4.78 is 74.4. The lowest BCUT2D eigenvalue weighted by Crippen LogP contribution is -2.24. The fourth-order valence-corrected chi connectivity index (χ4v) is 2.84. The topological polar surface area (TPSA) is 84.0 Å². The summed E-state index contributed by atoms with van der Waals surface area (Å²) >= 11 is 0. The van der Waals surface area contributed by atoms with Gasteiger partial charge in [-0.2, -0.15) is 13.2 Å². The van der Waals surface area contributed by atoms with Crippen LogP contribution in [0.2, 0.25) is 0 Å². The number of hydrogen-bond donors (Lipinski definition) is 2. The molecule has 0 bridgehead atoms. The first kappa shape index (κ1) is 18.9. The molecule has 6 nitrogen and oxygen atoms in total. The molecule has 11 heteroatoms. The molecule has 1 aromatic carbocycles. The summed E-state index contributed by atoms with van der Waals surface area (Å²) in [7, 11) is -5.65. The van der Waals surface area contributed by atoms with E-state index in [0.29, 0.717) is 25.0 Å². The van der Waals surface area contributed by atoms with Crippen LogP contribution in [-0.2, 0) is 9.84 Å². The maximum absolute atomic E-state index is 13.2. The molecule has 0 aliphatic carbocycles. The highest BCUT2D eigenvalue weighted by molar-refractivity contribution is 7.92. The van der Waals surface area contributed by atoms with Crippen molar-refractivity contribution < 1.29 is 26.0 Å². The number of benzene rings is 1. The van der Waals surface area contributed by atoms with E-state index in [1.165, 1.54) is 0 Å². The third kappa shape index (κ3) is 4.78. The van der Waals surface area contributed by atoms with Gasteiger partial charge in [0.25, 0.3) is 9.84 Å². The van der Waals surface area contributed by atoms with E-state index in [1.54, 1.807) is 18.5 Å². The average Bonchev–Trinajstić information content (AvgIpc) is 2.55.